The van der Waals surface area contributed by atoms with Crippen molar-refractivity contribution in [3.05, 3.63) is 41.5 Å². The Kier molecular flexibility index (Phi) is 2.68. The van der Waals surface area contributed by atoms with Gasteiger partial charge in [0.15, 0.2) is 0 Å². The van der Waals surface area contributed by atoms with Crippen molar-refractivity contribution in [1.82, 2.24) is 0 Å². The highest BCUT2D eigenvalue weighted by Crippen LogP contribution is 2.35. The Bertz CT molecular complexity index is 577. The van der Waals surface area contributed by atoms with Crippen molar-refractivity contribution in [3.8, 4) is 16.9 Å². The number of phenolic OH excluding ortho intramolecular Hbond substituents is 1. The van der Waals surface area contributed by atoms with Crippen LogP contribution in [0.2, 0.25) is 0 Å². The van der Waals surface area contributed by atoms with Crippen molar-refractivity contribution in [2.45, 2.75) is 13.8 Å². The van der Waals surface area contributed by atoms with E-state index < -0.39 is 0 Å². The van der Waals surface area contributed by atoms with E-state index in [0.29, 0.717) is 11.4 Å². The standard InChI is InChI=1S/C14H16N2O/c1-8-3-5-12(14(16)13(8)15)11-6-4-10(17)7-9(11)2/h3-7,17H,15-16H2,1-2H3. The van der Waals surface area contributed by atoms with Crippen molar-refractivity contribution < 1.29 is 5.11 Å². The van der Waals surface area contributed by atoms with Gasteiger partial charge in [-0.3, -0.25) is 0 Å². The SMILES string of the molecule is Cc1cc(O)ccc1-c1ccc(C)c(N)c1N. The van der Waals surface area contributed by atoms with Crippen LogP contribution in [0, 0.1) is 13.8 Å². The number of phenols is 1. The largest absolute Gasteiger partial charge is 0.508 e. The van der Waals surface area contributed by atoms with E-state index in [1.54, 1.807) is 12.1 Å². The van der Waals surface area contributed by atoms with Crippen LogP contribution in [0.1, 0.15) is 11.1 Å². The molecule has 0 unspecified atom stereocenters. The summed E-state index contributed by atoms with van der Waals surface area (Å²) in [5.41, 5.74) is 17.0. The fourth-order valence-electron chi connectivity index (χ4n) is 1.93. The first-order valence-corrected chi connectivity index (χ1v) is 5.45. The highest BCUT2D eigenvalue weighted by molar-refractivity contribution is 5.87. The minimum Gasteiger partial charge on any atom is -0.508 e. The highest BCUT2D eigenvalue weighted by Gasteiger charge is 2.09. The molecule has 0 amide bonds. The van der Waals surface area contributed by atoms with Gasteiger partial charge in [0.25, 0.3) is 0 Å². The number of nitrogens with two attached hydrogens (primary N) is 2. The van der Waals surface area contributed by atoms with Gasteiger partial charge in [0.05, 0.1) is 11.4 Å². The summed E-state index contributed by atoms with van der Waals surface area (Å²) in [5.74, 6) is 0.255. The molecular formula is C14H16N2O. The third-order valence-electron chi connectivity index (χ3n) is 3.01. The Balaban J connectivity index is 2.65. The molecule has 0 saturated carbocycles. The molecular weight excluding hydrogens is 212 g/mol. The first kappa shape index (κ1) is 11.3. The molecule has 0 atom stereocenters. The summed E-state index contributed by atoms with van der Waals surface area (Å²) < 4.78 is 0. The topological polar surface area (TPSA) is 72.3 Å². The van der Waals surface area contributed by atoms with Gasteiger partial charge in [-0.15, -0.1) is 0 Å². The summed E-state index contributed by atoms with van der Waals surface area (Å²) in [6, 6.07) is 9.13. The molecule has 0 spiro atoms. The van der Waals surface area contributed by atoms with Gasteiger partial charge >= 0.3 is 0 Å². The Labute approximate surface area is 101 Å². The predicted molar refractivity (Wildman–Crippen MR) is 71.8 cm³/mol. The quantitative estimate of drug-likeness (QED) is 0.657. The number of hydrogen-bond acceptors (Lipinski definition) is 3. The third-order valence-corrected chi connectivity index (χ3v) is 3.01. The maximum atomic E-state index is 9.40. The van der Waals surface area contributed by atoms with Gasteiger partial charge in [0.1, 0.15) is 5.75 Å². The number of aryl methyl sites for hydroxylation is 2. The fraction of sp³-hybridized carbons (Fsp3) is 0.143. The van der Waals surface area contributed by atoms with Gasteiger partial charge in [0.2, 0.25) is 0 Å². The minimum absolute atomic E-state index is 0.255. The monoisotopic (exact) mass is 228 g/mol. The summed E-state index contributed by atoms with van der Waals surface area (Å²) >= 11 is 0. The van der Waals surface area contributed by atoms with E-state index in [9.17, 15) is 5.11 Å². The Hall–Kier alpha value is -2.16. The number of rotatable bonds is 1. The Morgan fingerprint density at radius 2 is 1.47 bits per heavy atom. The molecule has 0 aromatic heterocycles. The number of anilines is 2. The molecule has 2 aromatic rings. The summed E-state index contributed by atoms with van der Waals surface area (Å²) in [4.78, 5) is 0. The van der Waals surface area contributed by atoms with Crippen molar-refractivity contribution in [2.24, 2.45) is 0 Å². The molecule has 2 rings (SSSR count). The van der Waals surface area contributed by atoms with E-state index in [4.69, 9.17) is 11.5 Å². The lowest BCUT2D eigenvalue weighted by Gasteiger charge is -2.13. The van der Waals surface area contributed by atoms with Gasteiger partial charge in [0, 0.05) is 5.56 Å². The average Bonchev–Trinajstić information content (AvgIpc) is 2.28. The predicted octanol–water partition coefficient (Wildman–Crippen LogP) is 2.84. The Morgan fingerprint density at radius 3 is 2.12 bits per heavy atom. The second-order valence-electron chi connectivity index (χ2n) is 4.26. The zero-order valence-electron chi connectivity index (χ0n) is 9.99. The molecule has 0 saturated heterocycles. The van der Waals surface area contributed by atoms with E-state index in [1.807, 2.05) is 32.0 Å². The lowest BCUT2D eigenvalue weighted by atomic mass is 9.96. The van der Waals surface area contributed by atoms with Crippen molar-refractivity contribution >= 4 is 11.4 Å². The number of aromatic hydroxyl groups is 1. The molecule has 3 heteroatoms. The van der Waals surface area contributed by atoms with E-state index in [-0.39, 0.29) is 5.75 Å². The smallest absolute Gasteiger partial charge is 0.115 e. The molecule has 3 nitrogen and oxygen atoms in total. The number of nitrogen functional groups attached to an aromatic ring is 2. The van der Waals surface area contributed by atoms with Gasteiger partial charge in [-0.05, 0) is 42.7 Å². The second kappa shape index (κ2) is 4.01. The van der Waals surface area contributed by atoms with Crippen LogP contribution in [0.15, 0.2) is 30.3 Å². The molecule has 0 fully saturated rings. The van der Waals surface area contributed by atoms with Gasteiger partial charge in [-0.1, -0.05) is 18.2 Å². The van der Waals surface area contributed by atoms with E-state index in [0.717, 1.165) is 22.3 Å². The van der Waals surface area contributed by atoms with Crippen LogP contribution in [0.25, 0.3) is 11.1 Å². The zero-order valence-corrected chi connectivity index (χ0v) is 9.99. The third kappa shape index (κ3) is 1.91. The minimum atomic E-state index is 0.255. The molecule has 0 aliphatic heterocycles. The lowest BCUT2D eigenvalue weighted by Crippen LogP contribution is -2.00. The molecule has 0 radical (unpaired) electrons. The average molecular weight is 228 g/mol. The first-order valence-electron chi connectivity index (χ1n) is 5.45. The van der Waals surface area contributed by atoms with Crippen LogP contribution < -0.4 is 11.5 Å². The van der Waals surface area contributed by atoms with Gasteiger partial charge in [-0.2, -0.15) is 0 Å². The fourth-order valence-corrected chi connectivity index (χ4v) is 1.93. The molecule has 5 N–H and O–H groups in total. The zero-order chi connectivity index (χ0) is 12.6. The summed E-state index contributed by atoms with van der Waals surface area (Å²) in [6.07, 6.45) is 0. The summed E-state index contributed by atoms with van der Waals surface area (Å²) in [7, 11) is 0. The normalized spacial score (nSPS) is 10.5. The maximum Gasteiger partial charge on any atom is 0.115 e. The van der Waals surface area contributed by atoms with Crippen LogP contribution in [-0.2, 0) is 0 Å². The Morgan fingerprint density at radius 1 is 0.824 bits per heavy atom. The van der Waals surface area contributed by atoms with Crippen LogP contribution in [0.4, 0.5) is 11.4 Å². The van der Waals surface area contributed by atoms with Crippen molar-refractivity contribution in [1.29, 1.82) is 0 Å². The molecule has 0 aliphatic rings. The highest BCUT2D eigenvalue weighted by atomic mass is 16.3. The van der Waals surface area contributed by atoms with E-state index in [1.165, 1.54) is 0 Å². The second-order valence-corrected chi connectivity index (χ2v) is 4.26. The van der Waals surface area contributed by atoms with Crippen LogP contribution in [-0.4, -0.2) is 5.11 Å². The maximum absolute atomic E-state index is 9.40. The molecule has 88 valence electrons. The number of benzene rings is 2. The van der Waals surface area contributed by atoms with Crippen molar-refractivity contribution in [3.63, 3.8) is 0 Å². The molecule has 0 bridgehead atoms. The lowest BCUT2D eigenvalue weighted by molar-refractivity contribution is 0.475. The first-order chi connectivity index (χ1) is 8.00. The summed E-state index contributed by atoms with van der Waals surface area (Å²) in [5, 5.41) is 9.40. The summed E-state index contributed by atoms with van der Waals surface area (Å²) in [6.45, 7) is 3.86. The van der Waals surface area contributed by atoms with Gasteiger partial charge < -0.3 is 16.6 Å². The van der Waals surface area contributed by atoms with Crippen LogP contribution in [0.5, 0.6) is 5.75 Å². The van der Waals surface area contributed by atoms with Gasteiger partial charge in [-0.25, -0.2) is 0 Å². The molecule has 2 aromatic carbocycles. The van der Waals surface area contributed by atoms with Crippen LogP contribution >= 0.6 is 0 Å². The number of hydrogen-bond donors (Lipinski definition) is 3. The van der Waals surface area contributed by atoms with E-state index >= 15 is 0 Å². The molecule has 0 heterocycles. The van der Waals surface area contributed by atoms with E-state index in [2.05, 4.69) is 0 Å². The van der Waals surface area contributed by atoms with Crippen LogP contribution in [0.3, 0.4) is 0 Å². The molecule has 0 aliphatic carbocycles. The molecule has 17 heavy (non-hydrogen) atoms. The van der Waals surface area contributed by atoms with Crippen molar-refractivity contribution in [2.75, 3.05) is 11.5 Å².